The maximum Gasteiger partial charge on any atom is 0.319 e. The van der Waals surface area contributed by atoms with Crippen LogP contribution in [0.25, 0.3) is 26.9 Å². The summed E-state index contributed by atoms with van der Waals surface area (Å²) in [4.78, 5) is 32.5. The Kier molecular flexibility index (Phi) is 7.52. The molecule has 0 N–H and O–H groups in total. The summed E-state index contributed by atoms with van der Waals surface area (Å²) >= 11 is 0. The number of benzene rings is 2. The summed E-state index contributed by atoms with van der Waals surface area (Å²) in [7, 11) is 2.15. The van der Waals surface area contributed by atoms with Gasteiger partial charge in [-0.2, -0.15) is 9.97 Å². The van der Waals surface area contributed by atoms with E-state index in [4.69, 9.17) is 21.3 Å². The van der Waals surface area contributed by atoms with Gasteiger partial charge in [0.05, 0.1) is 5.52 Å². The smallest absolute Gasteiger partial charge is 0.319 e. The molecular formula is C35H40N6O2. The molecule has 8 heteroatoms. The highest BCUT2D eigenvalue weighted by Crippen LogP contribution is 2.51. The third kappa shape index (κ3) is 5.14. The van der Waals surface area contributed by atoms with Gasteiger partial charge >= 0.3 is 6.01 Å². The zero-order valence-corrected chi connectivity index (χ0v) is 25.0. The highest BCUT2D eigenvalue weighted by atomic mass is 16.5. The Hall–Kier alpha value is -3.96. The van der Waals surface area contributed by atoms with Gasteiger partial charge in [-0.15, -0.1) is 0 Å². The molecule has 0 spiro atoms. The number of nitrogens with zero attached hydrogens (tertiary/aromatic N) is 6. The van der Waals surface area contributed by atoms with Gasteiger partial charge in [0.2, 0.25) is 12.5 Å². The molecular weight excluding hydrogens is 536 g/mol. The molecule has 4 aliphatic rings. The molecule has 2 aliphatic heterocycles. The van der Waals surface area contributed by atoms with E-state index in [1.807, 2.05) is 0 Å². The van der Waals surface area contributed by atoms with Crippen LogP contribution in [0.5, 0.6) is 6.01 Å². The molecule has 0 bridgehead atoms. The second-order valence-electron chi connectivity index (χ2n) is 12.7. The fourth-order valence-corrected chi connectivity index (χ4v) is 8.07. The van der Waals surface area contributed by atoms with E-state index in [1.54, 1.807) is 10.5 Å². The number of likely N-dealkylation sites (tertiary alicyclic amines) is 1. The van der Waals surface area contributed by atoms with Crippen LogP contribution in [-0.2, 0) is 11.2 Å². The molecule has 3 aromatic rings. The van der Waals surface area contributed by atoms with E-state index in [0.717, 1.165) is 35.6 Å². The van der Waals surface area contributed by atoms with Gasteiger partial charge in [0.1, 0.15) is 18.5 Å². The maximum atomic E-state index is 12.6. The minimum atomic E-state index is -0.233. The summed E-state index contributed by atoms with van der Waals surface area (Å²) in [5.74, 6) is 2.13. The molecule has 3 fully saturated rings. The van der Waals surface area contributed by atoms with Crippen molar-refractivity contribution in [1.29, 1.82) is 0 Å². The number of hydrogen-bond acceptors (Lipinski definition) is 6. The van der Waals surface area contributed by atoms with Crippen LogP contribution >= 0.6 is 0 Å². The molecule has 3 heterocycles. The molecule has 0 radical (unpaired) electrons. The quantitative estimate of drug-likeness (QED) is 0.280. The third-order valence-electron chi connectivity index (χ3n) is 10.3. The predicted molar refractivity (Wildman–Crippen MR) is 169 cm³/mol. The monoisotopic (exact) mass is 576 g/mol. The first-order valence-corrected chi connectivity index (χ1v) is 15.8. The average Bonchev–Trinajstić information content (AvgIpc) is 3.75. The molecule has 7 rings (SSSR count). The first-order chi connectivity index (χ1) is 21.0. The zero-order valence-electron chi connectivity index (χ0n) is 25.0. The summed E-state index contributed by atoms with van der Waals surface area (Å²) < 4.78 is 6.31. The van der Waals surface area contributed by atoms with Crippen LogP contribution in [0.1, 0.15) is 49.1 Å². The lowest BCUT2D eigenvalue weighted by atomic mass is 9.89. The molecule has 1 amide bonds. The highest BCUT2D eigenvalue weighted by Gasteiger charge is 2.38. The van der Waals surface area contributed by atoms with Gasteiger partial charge in [0.25, 0.3) is 0 Å². The van der Waals surface area contributed by atoms with Crippen molar-refractivity contribution in [3.63, 3.8) is 0 Å². The molecule has 4 atom stereocenters. The van der Waals surface area contributed by atoms with Gasteiger partial charge in [-0.3, -0.25) is 4.79 Å². The van der Waals surface area contributed by atoms with E-state index < -0.39 is 0 Å². The van der Waals surface area contributed by atoms with Crippen LogP contribution in [0.2, 0.25) is 0 Å². The summed E-state index contributed by atoms with van der Waals surface area (Å²) in [6.45, 7) is 14.7. The summed E-state index contributed by atoms with van der Waals surface area (Å²) in [6.07, 6.45) is 8.78. The number of ether oxygens (including phenoxy) is 1. The van der Waals surface area contributed by atoms with Crippen LogP contribution in [0.3, 0.4) is 0 Å². The number of amides is 1. The minimum absolute atomic E-state index is 0.130. The first-order valence-electron chi connectivity index (χ1n) is 15.8. The Morgan fingerprint density at radius 2 is 2.02 bits per heavy atom. The SMILES string of the molecule is [C-]#[N+]C[C@H]1CN(c2nc(OC[C@@H]3CCCN3C)nc3cc(-c4cccc5c4C4CCCC4C5)ccc23)CCN1C(=O)C=C. The van der Waals surface area contributed by atoms with Crippen LogP contribution in [0.15, 0.2) is 49.1 Å². The molecule has 2 aliphatic carbocycles. The van der Waals surface area contributed by atoms with E-state index in [1.165, 1.54) is 54.9 Å². The Bertz CT molecular complexity index is 1600. The number of carbonyl (C=O) groups is 1. The topological polar surface area (TPSA) is 66.2 Å². The Balaban J connectivity index is 1.27. The highest BCUT2D eigenvalue weighted by molar-refractivity contribution is 5.94. The van der Waals surface area contributed by atoms with Crippen molar-refractivity contribution in [2.24, 2.45) is 5.92 Å². The van der Waals surface area contributed by atoms with Crippen molar-refractivity contribution in [2.45, 2.75) is 56.5 Å². The van der Waals surface area contributed by atoms with E-state index in [0.29, 0.717) is 44.2 Å². The van der Waals surface area contributed by atoms with Crippen LogP contribution in [0.4, 0.5) is 5.82 Å². The normalized spacial score (nSPS) is 25.0. The molecule has 2 unspecified atom stereocenters. The van der Waals surface area contributed by atoms with E-state index in [-0.39, 0.29) is 18.5 Å². The van der Waals surface area contributed by atoms with E-state index in [9.17, 15) is 4.79 Å². The summed E-state index contributed by atoms with van der Waals surface area (Å²) in [6, 6.07) is 13.9. The summed E-state index contributed by atoms with van der Waals surface area (Å²) in [5, 5.41) is 0.963. The van der Waals surface area contributed by atoms with Crippen molar-refractivity contribution in [1.82, 2.24) is 19.8 Å². The van der Waals surface area contributed by atoms with Crippen molar-refractivity contribution >= 4 is 22.6 Å². The standard InChI is InChI=1S/C35H40N6O2/c1-4-32(42)41-17-16-40(21-27(41)20-36-2)34-30-14-13-24(29-12-6-9-25-18-23-8-5-11-28(23)33(25)29)19-31(30)37-35(38-34)43-22-26-10-7-15-39(26)3/h4,6,9,12-14,19,23,26-28H,1,5,7-8,10-11,15-18,20-22H2,3H3/t23?,26-,27-,28?/m0/s1. The molecule has 8 nitrogen and oxygen atoms in total. The van der Waals surface area contributed by atoms with Gasteiger partial charge in [-0.25, -0.2) is 6.57 Å². The van der Waals surface area contributed by atoms with Crippen LogP contribution in [0, 0.1) is 12.5 Å². The second kappa shape index (κ2) is 11.6. The lowest BCUT2D eigenvalue weighted by Crippen LogP contribution is -2.56. The predicted octanol–water partition coefficient (Wildman–Crippen LogP) is 5.33. The lowest BCUT2D eigenvalue weighted by molar-refractivity contribution is -0.128. The fraction of sp³-hybridized carbons (Fsp3) is 0.486. The molecule has 43 heavy (non-hydrogen) atoms. The fourth-order valence-electron chi connectivity index (χ4n) is 8.07. The minimum Gasteiger partial charge on any atom is -0.462 e. The molecule has 2 aromatic carbocycles. The third-order valence-corrected chi connectivity index (χ3v) is 10.3. The van der Waals surface area contributed by atoms with Gasteiger partial charge < -0.3 is 24.3 Å². The Labute approximate surface area is 254 Å². The number of carbonyl (C=O) groups excluding carboxylic acids is 1. The maximum absolute atomic E-state index is 12.6. The van der Waals surface area contributed by atoms with Crippen molar-refractivity contribution in [3.05, 3.63) is 71.6 Å². The Morgan fingerprint density at radius 1 is 1.12 bits per heavy atom. The first kappa shape index (κ1) is 27.8. The largest absolute Gasteiger partial charge is 0.462 e. The van der Waals surface area contributed by atoms with Gasteiger partial charge in [0.15, 0.2) is 0 Å². The second-order valence-corrected chi connectivity index (χ2v) is 12.7. The molecule has 2 saturated heterocycles. The van der Waals surface area contributed by atoms with E-state index in [2.05, 4.69) is 64.7 Å². The van der Waals surface area contributed by atoms with Crippen LogP contribution in [-0.4, -0.2) is 84.1 Å². The lowest BCUT2D eigenvalue weighted by Gasteiger charge is -2.39. The zero-order chi connectivity index (χ0) is 29.5. The summed E-state index contributed by atoms with van der Waals surface area (Å²) in [5.41, 5.74) is 6.44. The molecule has 1 aromatic heterocycles. The van der Waals surface area contributed by atoms with Crippen molar-refractivity contribution in [2.75, 3.05) is 51.3 Å². The number of aromatic nitrogens is 2. The average molecular weight is 577 g/mol. The number of fused-ring (bicyclic) bond motifs is 4. The molecule has 222 valence electrons. The number of anilines is 1. The van der Waals surface area contributed by atoms with Crippen molar-refractivity contribution < 1.29 is 9.53 Å². The van der Waals surface area contributed by atoms with Gasteiger partial charge in [0, 0.05) is 31.1 Å². The van der Waals surface area contributed by atoms with Crippen LogP contribution < -0.4 is 9.64 Å². The Morgan fingerprint density at radius 3 is 2.84 bits per heavy atom. The van der Waals surface area contributed by atoms with Crippen molar-refractivity contribution in [3.8, 4) is 17.1 Å². The number of hydrogen-bond donors (Lipinski definition) is 0. The number of rotatable bonds is 7. The number of likely N-dealkylation sites (N-methyl/N-ethyl adjacent to an activating group) is 1. The van der Waals surface area contributed by atoms with Gasteiger partial charge in [-0.05, 0) is 98.0 Å². The van der Waals surface area contributed by atoms with Gasteiger partial charge in [-0.1, -0.05) is 37.3 Å². The molecule has 1 saturated carbocycles. The number of piperazine rings is 1. The van der Waals surface area contributed by atoms with E-state index >= 15 is 0 Å².